The fraction of sp³-hybridized carbons (Fsp3) is 0.421. The molecule has 1 aliphatic heterocycles. The summed E-state index contributed by atoms with van der Waals surface area (Å²) in [5, 5.41) is 0. The average molecular weight is 342 g/mol. The molecular formula is C19H22N2O4. The molecule has 1 amide bonds. The second-order valence-electron chi connectivity index (χ2n) is 6.13. The topological polar surface area (TPSA) is 72.6 Å². The van der Waals surface area contributed by atoms with E-state index >= 15 is 0 Å². The summed E-state index contributed by atoms with van der Waals surface area (Å²) in [6.07, 6.45) is 1.52. The second kappa shape index (κ2) is 7.51. The number of oxazole rings is 1. The van der Waals surface area contributed by atoms with Crippen LogP contribution < -0.4 is 0 Å². The molecule has 3 rings (SSSR count). The minimum Gasteiger partial charge on any atom is -0.466 e. The predicted molar refractivity (Wildman–Crippen MR) is 91.9 cm³/mol. The van der Waals surface area contributed by atoms with E-state index in [0.717, 1.165) is 18.4 Å². The lowest BCUT2D eigenvalue weighted by atomic mass is 9.98. The van der Waals surface area contributed by atoms with Crippen LogP contribution in [0.2, 0.25) is 0 Å². The molecule has 1 aromatic heterocycles. The first-order chi connectivity index (χ1) is 12.1. The Balaban J connectivity index is 1.77. The Morgan fingerprint density at radius 1 is 1.32 bits per heavy atom. The number of nitrogens with zero attached hydrogens (tertiary/aromatic N) is 2. The van der Waals surface area contributed by atoms with Crippen molar-refractivity contribution in [2.75, 3.05) is 19.7 Å². The van der Waals surface area contributed by atoms with Gasteiger partial charge >= 0.3 is 5.97 Å². The largest absolute Gasteiger partial charge is 0.466 e. The van der Waals surface area contributed by atoms with E-state index in [0.29, 0.717) is 37.0 Å². The van der Waals surface area contributed by atoms with Gasteiger partial charge in [-0.2, -0.15) is 0 Å². The van der Waals surface area contributed by atoms with E-state index in [2.05, 4.69) is 4.98 Å². The standard InChI is InChI=1S/C19H22N2O4/c1-3-24-19(23)15-10-7-11-21(12-15)18(22)16-13(2)25-17(20-16)14-8-5-4-6-9-14/h4-6,8-9,15H,3,7,10-12H2,1-2H3/t15-/m1/s1. The predicted octanol–water partition coefficient (Wildman–Crippen LogP) is 3.07. The highest BCUT2D eigenvalue weighted by atomic mass is 16.5. The molecule has 0 unspecified atom stereocenters. The monoisotopic (exact) mass is 342 g/mol. The molecule has 0 aliphatic carbocycles. The van der Waals surface area contributed by atoms with Gasteiger partial charge < -0.3 is 14.1 Å². The SMILES string of the molecule is CCOC(=O)[C@@H]1CCCN(C(=O)c2nc(-c3ccccc3)oc2C)C1. The third kappa shape index (κ3) is 3.73. The minimum absolute atomic E-state index is 0.197. The molecule has 1 atom stereocenters. The van der Waals surface area contributed by atoms with Crippen LogP contribution in [0.1, 0.15) is 36.0 Å². The number of likely N-dealkylation sites (tertiary alicyclic amines) is 1. The lowest BCUT2D eigenvalue weighted by Gasteiger charge is -2.31. The lowest BCUT2D eigenvalue weighted by Crippen LogP contribution is -2.43. The van der Waals surface area contributed by atoms with Gasteiger partial charge in [0.1, 0.15) is 5.76 Å². The third-order valence-electron chi connectivity index (χ3n) is 4.35. The molecule has 25 heavy (non-hydrogen) atoms. The molecule has 6 heteroatoms. The number of aryl methyl sites for hydroxylation is 1. The maximum Gasteiger partial charge on any atom is 0.310 e. The number of amides is 1. The highest BCUT2D eigenvalue weighted by Gasteiger charge is 2.32. The van der Waals surface area contributed by atoms with E-state index in [1.165, 1.54) is 0 Å². The average Bonchev–Trinajstić information content (AvgIpc) is 3.04. The Kier molecular flexibility index (Phi) is 5.16. The summed E-state index contributed by atoms with van der Waals surface area (Å²) in [7, 11) is 0. The van der Waals surface area contributed by atoms with Crippen molar-refractivity contribution >= 4 is 11.9 Å². The quantitative estimate of drug-likeness (QED) is 0.799. The molecule has 0 radical (unpaired) electrons. The lowest BCUT2D eigenvalue weighted by molar-refractivity contribution is -0.149. The van der Waals surface area contributed by atoms with Gasteiger partial charge in [-0.05, 0) is 38.8 Å². The molecule has 2 heterocycles. The molecule has 0 N–H and O–H groups in total. The van der Waals surface area contributed by atoms with Gasteiger partial charge in [0.15, 0.2) is 5.69 Å². The number of ether oxygens (including phenoxy) is 1. The van der Waals surface area contributed by atoms with Crippen LogP contribution in [0.4, 0.5) is 0 Å². The van der Waals surface area contributed by atoms with Crippen molar-refractivity contribution in [1.82, 2.24) is 9.88 Å². The van der Waals surface area contributed by atoms with Gasteiger partial charge in [0.2, 0.25) is 5.89 Å². The Labute approximate surface area is 146 Å². The van der Waals surface area contributed by atoms with E-state index in [4.69, 9.17) is 9.15 Å². The minimum atomic E-state index is -0.265. The van der Waals surface area contributed by atoms with Crippen LogP contribution in [0.3, 0.4) is 0 Å². The Morgan fingerprint density at radius 3 is 2.80 bits per heavy atom. The van der Waals surface area contributed by atoms with Crippen LogP contribution in [-0.4, -0.2) is 41.5 Å². The van der Waals surface area contributed by atoms with Crippen molar-refractivity contribution in [3.05, 3.63) is 41.8 Å². The number of hydrogen-bond acceptors (Lipinski definition) is 5. The van der Waals surface area contributed by atoms with Crippen molar-refractivity contribution in [3.63, 3.8) is 0 Å². The van der Waals surface area contributed by atoms with Crippen LogP contribution in [0, 0.1) is 12.8 Å². The van der Waals surface area contributed by atoms with Gasteiger partial charge in [-0.25, -0.2) is 4.98 Å². The number of benzene rings is 1. The molecule has 0 bridgehead atoms. The molecule has 132 valence electrons. The van der Waals surface area contributed by atoms with Crippen LogP contribution in [0.25, 0.3) is 11.5 Å². The van der Waals surface area contributed by atoms with Crippen molar-refractivity contribution in [2.45, 2.75) is 26.7 Å². The zero-order valence-electron chi connectivity index (χ0n) is 14.5. The maximum atomic E-state index is 12.8. The zero-order valence-corrected chi connectivity index (χ0v) is 14.5. The molecule has 0 saturated carbocycles. The molecule has 1 aromatic carbocycles. The summed E-state index contributed by atoms with van der Waals surface area (Å²) in [5.74, 6) is 0.222. The van der Waals surface area contributed by atoms with Crippen molar-refractivity contribution in [2.24, 2.45) is 5.92 Å². The smallest absolute Gasteiger partial charge is 0.310 e. The van der Waals surface area contributed by atoms with Crippen molar-refractivity contribution in [3.8, 4) is 11.5 Å². The highest BCUT2D eigenvalue weighted by Crippen LogP contribution is 2.24. The van der Waals surface area contributed by atoms with Gasteiger partial charge in [-0.15, -0.1) is 0 Å². The van der Waals surface area contributed by atoms with Crippen LogP contribution in [0.15, 0.2) is 34.7 Å². The number of carbonyl (C=O) groups excluding carboxylic acids is 2. The van der Waals surface area contributed by atoms with E-state index in [-0.39, 0.29) is 17.8 Å². The van der Waals surface area contributed by atoms with E-state index in [9.17, 15) is 9.59 Å². The van der Waals surface area contributed by atoms with E-state index in [1.54, 1.807) is 18.7 Å². The van der Waals surface area contributed by atoms with Gasteiger partial charge in [0.25, 0.3) is 5.91 Å². The van der Waals surface area contributed by atoms with Gasteiger partial charge in [-0.1, -0.05) is 18.2 Å². The molecule has 1 saturated heterocycles. The number of carbonyl (C=O) groups is 2. The first-order valence-electron chi connectivity index (χ1n) is 8.59. The van der Waals surface area contributed by atoms with Crippen LogP contribution in [-0.2, 0) is 9.53 Å². The molecule has 1 aliphatic rings. The van der Waals surface area contributed by atoms with Gasteiger partial charge in [0, 0.05) is 18.7 Å². The summed E-state index contributed by atoms with van der Waals surface area (Å²) in [4.78, 5) is 30.9. The Bertz CT molecular complexity index is 754. The summed E-state index contributed by atoms with van der Waals surface area (Å²) < 4.78 is 10.8. The third-order valence-corrected chi connectivity index (χ3v) is 4.35. The number of hydrogen-bond donors (Lipinski definition) is 0. The summed E-state index contributed by atoms with van der Waals surface area (Å²) in [5.41, 5.74) is 1.14. The van der Waals surface area contributed by atoms with Gasteiger partial charge in [0.05, 0.1) is 12.5 Å². The second-order valence-corrected chi connectivity index (χ2v) is 6.13. The highest BCUT2D eigenvalue weighted by molar-refractivity contribution is 5.94. The van der Waals surface area contributed by atoms with E-state index in [1.807, 2.05) is 30.3 Å². The van der Waals surface area contributed by atoms with Crippen molar-refractivity contribution < 1.29 is 18.7 Å². The summed E-state index contributed by atoms with van der Waals surface area (Å²) >= 11 is 0. The Morgan fingerprint density at radius 2 is 2.08 bits per heavy atom. The molecule has 6 nitrogen and oxygen atoms in total. The number of esters is 1. The first kappa shape index (κ1) is 17.2. The fourth-order valence-corrected chi connectivity index (χ4v) is 3.06. The van der Waals surface area contributed by atoms with Crippen molar-refractivity contribution in [1.29, 1.82) is 0 Å². The molecular weight excluding hydrogens is 320 g/mol. The van der Waals surface area contributed by atoms with E-state index < -0.39 is 0 Å². The number of aromatic nitrogens is 1. The molecule has 1 fully saturated rings. The maximum absolute atomic E-state index is 12.8. The molecule has 0 spiro atoms. The van der Waals surface area contributed by atoms with Gasteiger partial charge in [-0.3, -0.25) is 9.59 Å². The zero-order chi connectivity index (χ0) is 17.8. The Hall–Kier alpha value is -2.63. The van der Waals surface area contributed by atoms with Crippen LogP contribution >= 0.6 is 0 Å². The van der Waals surface area contributed by atoms with Crippen LogP contribution in [0.5, 0.6) is 0 Å². The fourth-order valence-electron chi connectivity index (χ4n) is 3.06. The molecule has 2 aromatic rings. The first-order valence-corrected chi connectivity index (χ1v) is 8.59. The normalized spacial score (nSPS) is 17.4. The summed E-state index contributed by atoms with van der Waals surface area (Å²) in [6.45, 7) is 4.85. The summed E-state index contributed by atoms with van der Waals surface area (Å²) in [6, 6.07) is 9.47. The number of piperidine rings is 1. The number of rotatable bonds is 4.